The van der Waals surface area contributed by atoms with E-state index in [4.69, 9.17) is 10.5 Å². The fraction of sp³-hybridized carbons (Fsp3) is 0.471. The molecule has 0 unspecified atom stereocenters. The van der Waals surface area contributed by atoms with Crippen LogP contribution < -0.4 is 10.5 Å². The first-order valence-corrected chi connectivity index (χ1v) is 7.55. The van der Waals surface area contributed by atoms with Gasteiger partial charge in [0.1, 0.15) is 5.75 Å². The summed E-state index contributed by atoms with van der Waals surface area (Å²) in [5, 5.41) is 2.38. The van der Waals surface area contributed by atoms with Crippen LogP contribution in [0.2, 0.25) is 0 Å². The first kappa shape index (κ1) is 13.4. The first-order chi connectivity index (χ1) is 9.78. The molecule has 3 nitrogen and oxygen atoms in total. The Morgan fingerprint density at radius 2 is 2.00 bits per heavy atom. The van der Waals surface area contributed by atoms with Crippen molar-refractivity contribution in [3.63, 3.8) is 0 Å². The maximum atomic E-state index is 6.28. The molecule has 0 spiro atoms. The van der Waals surface area contributed by atoms with Crippen LogP contribution in [0.5, 0.6) is 5.75 Å². The molecule has 0 radical (unpaired) electrons. The van der Waals surface area contributed by atoms with Crippen molar-refractivity contribution in [2.45, 2.75) is 51.2 Å². The van der Waals surface area contributed by atoms with E-state index in [0.29, 0.717) is 12.1 Å². The third kappa shape index (κ3) is 2.63. The molecule has 0 aliphatic heterocycles. The molecule has 20 heavy (non-hydrogen) atoms. The van der Waals surface area contributed by atoms with E-state index >= 15 is 0 Å². The van der Waals surface area contributed by atoms with Gasteiger partial charge >= 0.3 is 0 Å². The van der Waals surface area contributed by atoms with Gasteiger partial charge in [0.15, 0.2) is 0 Å². The molecular formula is C17H22N2O. The summed E-state index contributed by atoms with van der Waals surface area (Å²) in [6, 6.07) is 6.59. The number of hydrogen-bond acceptors (Lipinski definition) is 3. The van der Waals surface area contributed by atoms with Crippen molar-refractivity contribution in [2.75, 3.05) is 0 Å². The highest BCUT2D eigenvalue weighted by molar-refractivity contribution is 5.90. The second-order valence-electron chi connectivity index (χ2n) is 5.66. The van der Waals surface area contributed by atoms with Gasteiger partial charge in [-0.25, -0.2) is 0 Å². The molecule has 106 valence electrons. The highest BCUT2D eigenvalue weighted by Crippen LogP contribution is 2.31. The molecule has 3 rings (SSSR count). The van der Waals surface area contributed by atoms with Crippen LogP contribution in [-0.4, -0.2) is 17.1 Å². The van der Waals surface area contributed by atoms with E-state index in [1.807, 2.05) is 18.5 Å². The van der Waals surface area contributed by atoms with Gasteiger partial charge in [-0.2, -0.15) is 0 Å². The van der Waals surface area contributed by atoms with E-state index in [1.165, 1.54) is 10.9 Å². The van der Waals surface area contributed by atoms with Gasteiger partial charge in [0.05, 0.1) is 6.10 Å². The monoisotopic (exact) mass is 270 g/mol. The summed E-state index contributed by atoms with van der Waals surface area (Å²) in [6.45, 7) is 2.16. The minimum absolute atomic E-state index is 0.304. The lowest BCUT2D eigenvalue weighted by atomic mass is 9.93. The first-order valence-electron chi connectivity index (χ1n) is 7.55. The average Bonchev–Trinajstić information content (AvgIpc) is 2.49. The van der Waals surface area contributed by atoms with Gasteiger partial charge < -0.3 is 10.5 Å². The van der Waals surface area contributed by atoms with Crippen molar-refractivity contribution >= 4 is 10.8 Å². The molecule has 0 bridgehead atoms. The van der Waals surface area contributed by atoms with Gasteiger partial charge in [-0.1, -0.05) is 19.1 Å². The van der Waals surface area contributed by atoms with E-state index < -0.39 is 0 Å². The van der Waals surface area contributed by atoms with Crippen LogP contribution in [0.4, 0.5) is 0 Å². The van der Waals surface area contributed by atoms with Crippen LogP contribution in [0.3, 0.4) is 0 Å². The van der Waals surface area contributed by atoms with Crippen molar-refractivity contribution in [2.24, 2.45) is 5.73 Å². The van der Waals surface area contributed by atoms with Crippen molar-refractivity contribution in [1.29, 1.82) is 0 Å². The van der Waals surface area contributed by atoms with Crippen molar-refractivity contribution in [3.8, 4) is 5.75 Å². The molecule has 2 N–H and O–H groups in total. The topological polar surface area (TPSA) is 48.1 Å². The molecule has 1 fully saturated rings. The molecule has 1 aliphatic rings. The lowest BCUT2D eigenvalue weighted by Crippen LogP contribution is -2.31. The molecule has 0 saturated heterocycles. The number of nitrogens with two attached hydrogens (primary N) is 1. The Morgan fingerprint density at radius 3 is 2.75 bits per heavy atom. The molecule has 3 heteroatoms. The van der Waals surface area contributed by atoms with Crippen molar-refractivity contribution < 1.29 is 4.74 Å². The van der Waals surface area contributed by atoms with E-state index in [-0.39, 0.29) is 0 Å². The normalized spacial score (nSPS) is 22.9. The van der Waals surface area contributed by atoms with Crippen LogP contribution in [0.25, 0.3) is 10.8 Å². The maximum absolute atomic E-state index is 6.28. The Hall–Kier alpha value is -1.61. The summed E-state index contributed by atoms with van der Waals surface area (Å²) < 4.78 is 6.28. The van der Waals surface area contributed by atoms with Gasteiger partial charge in [-0.15, -0.1) is 0 Å². The predicted molar refractivity (Wildman–Crippen MR) is 82.0 cm³/mol. The Labute approximate surface area is 120 Å². The van der Waals surface area contributed by atoms with Gasteiger partial charge in [0.2, 0.25) is 0 Å². The van der Waals surface area contributed by atoms with E-state index in [9.17, 15) is 0 Å². The van der Waals surface area contributed by atoms with Crippen LogP contribution in [0, 0.1) is 0 Å². The quantitative estimate of drug-likeness (QED) is 0.929. The van der Waals surface area contributed by atoms with Crippen LogP contribution in [0.1, 0.15) is 38.2 Å². The zero-order valence-corrected chi connectivity index (χ0v) is 12.0. The highest BCUT2D eigenvalue weighted by atomic mass is 16.5. The van der Waals surface area contributed by atoms with E-state index in [2.05, 4.69) is 24.0 Å². The molecule has 0 amide bonds. The number of fused-ring (bicyclic) bond motifs is 1. The van der Waals surface area contributed by atoms with Gasteiger partial charge in [-0.3, -0.25) is 4.98 Å². The molecule has 0 atom stereocenters. The van der Waals surface area contributed by atoms with Crippen molar-refractivity contribution in [1.82, 2.24) is 4.98 Å². The average molecular weight is 270 g/mol. The third-order valence-corrected chi connectivity index (χ3v) is 4.22. The Balaban J connectivity index is 1.91. The summed E-state index contributed by atoms with van der Waals surface area (Å²) in [7, 11) is 0. The number of aromatic nitrogens is 1. The Morgan fingerprint density at radius 1 is 1.20 bits per heavy atom. The van der Waals surface area contributed by atoms with Crippen LogP contribution >= 0.6 is 0 Å². The number of aryl methyl sites for hydroxylation is 1. The third-order valence-electron chi connectivity index (χ3n) is 4.22. The Bertz CT molecular complexity index is 583. The number of hydrogen-bond donors (Lipinski definition) is 1. The van der Waals surface area contributed by atoms with E-state index in [0.717, 1.165) is 43.2 Å². The number of nitrogens with zero attached hydrogens (tertiary/aromatic N) is 1. The standard InChI is InChI=1S/C17H22N2O/c1-2-12-10-19-11-13-4-3-5-16(17(12)13)20-15-8-6-14(18)7-9-15/h3-5,10-11,14-15H,2,6-9,18H2,1H3/t14-,15-. The Kier molecular flexibility index (Phi) is 3.88. The number of pyridine rings is 1. The molecule has 2 aromatic rings. The van der Waals surface area contributed by atoms with Gasteiger partial charge in [0.25, 0.3) is 0 Å². The largest absolute Gasteiger partial charge is 0.490 e. The fourth-order valence-electron chi connectivity index (χ4n) is 3.02. The van der Waals surface area contributed by atoms with Crippen molar-refractivity contribution in [3.05, 3.63) is 36.2 Å². The minimum atomic E-state index is 0.304. The molecule has 1 aliphatic carbocycles. The smallest absolute Gasteiger partial charge is 0.127 e. The van der Waals surface area contributed by atoms with Gasteiger partial charge in [-0.05, 0) is 43.7 Å². The second-order valence-corrected chi connectivity index (χ2v) is 5.66. The fourth-order valence-corrected chi connectivity index (χ4v) is 3.02. The zero-order chi connectivity index (χ0) is 13.9. The second kappa shape index (κ2) is 5.80. The lowest BCUT2D eigenvalue weighted by Gasteiger charge is -2.27. The van der Waals surface area contributed by atoms with Crippen LogP contribution in [0.15, 0.2) is 30.6 Å². The summed E-state index contributed by atoms with van der Waals surface area (Å²) >= 11 is 0. The SMILES string of the molecule is CCc1cncc2cccc(O[C@H]3CC[C@H](N)CC3)c12. The summed E-state index contributed by atoms with van der Waals surface area (Å²) in [5.41, 5.74) is 7.22. The lowest BCUT2D eigenvalue weighted by molar-refractivity contribution is 0.149. The summed E-state index contributed by atoms with van der Waals surface area (Å²) in [5.74, 6) is 1.00. The molecule has 1 aromatic carbocycles. The van der Waals surface area contributed by atoms with Crippen LogP contribution in [-0.2, 0) is 6.42 Å². The summed E-state index contributed by atoms with van der Waals surface area (Å²) in [4.78, 5) is 4.31. The van der Waals surface area contributed by atoms with E-state index in [1.54, 1.807) is 0 Å². The number of benzene rings is 1. The highest BCUT2D eigenvalue weighted by Gasteiger charge is 2.20. The number of rotatable bonds is 3. The van der Waals surface area contributed by atoms with Gasteiger partial charge in [0, 0.05) is 29.2 Å². The molecule has 1 aromatic heterocycles. The molecule has 1 heterocycles. The predicted octanol–water partition coefficient (Wildman–Crippen LogP) is 3.45. The molecular weight excluding hydrogens is 248 g/mol. The molecule has 1 saturated carbocycles. The maximum Gasteiger partial charge on any atom is 0.127 e. The number of ether oxygens (including phenoxy) is 1. The minimum Gasteiger partial charge on any atom is -0.490 e. The summed E-state index contributed by atoms with van der Waals surface area (Å²) in [6.07, 6.45) is 9.40. The zero-order valence-electron chi connectivity index (χ0n) is 12.0.